The fourth-order valence-corrected chi connectivity index (χ4v) is 2.25. The van der Waals surface area contributed by atoms with Crippen molar-refractivity contribution in [2.75, 3.05) is 6.61 Å². The van der Waals surface area contributed by atoms with E-state index in [1.807, 2.05) is 26.0 Å². The fraction of sp³-hybridized carbons (Fsp3) is 0.462. The number of halogens is 1. The van der Waals surface area contributed by atoms with E-state index >= 15 is 0 Å². The van der Waals surface area contributed by atoms with Crippen molar-refractivity contribution in [3.8, 4) is 5.75 Å². The number of esters is 1. The molecule has 0 aliphatic rings. The maximum atomic E-state index is 11.5. The van der Waals surface area contributed by atoms with Crippen LogP contribution in [0.2, 0.25) is 0 Å². The van der Waals surface area contributed by atoms with Crippen LogP contribution in [0.3, 0.4) is 0 Å². The lowest BCUT2D eigenvalue weighted by molar-refractivity contribution is -0.150. The topological polar surface area (TPSA) is 35.5 Å². The molecule has 1 unspecified atom stereocenters. The van der Waals surface area contributed by atoms with Crippen molar-refractivity contribution in [2.45, 2.75) is 33.8 Å². The Balaban J connectivity index is 2.85. The Morgan fingerprint density at radius 1 is 1.35 bits per heavy atom. The van der Waals surface area contributed by atoms with Crippen LogP contribution in [0, 0.1) is 13.8 Å². The monoisotopic (exact) mass is 300 g/mol. The van der Waals surface area contributed by atoms with Crippen LogP contribution in [0.15, 0.2) is 16.6 Å². The summed E-state index contributed by atoms with van der Waals surface area (Å²) in [5, 5.41) is 0. The summed E-state index contributed by atoms with van der Waals surface area (Å²) in [6, 6.07) is 3.92. The van der Waals surface area contributed by atoms with Crippen LogP contribution in [-0.2, 0) is 9.53 Å². The van der Waals surface area contributed by atoms with Crippen LogP contribution in [0.25, 0.3) is 0 Å². The number of rotatable bonds is 4. The summed E-state index contributed by atoms with van der Waals surface area (Å²) in [5.74, 6) is 0.406. The molecule has 0 radical (unpaired) electrons. The van der Waals surface area contributed by atoms with Gasteiger partial charge in [-0.1, -0.05) is 15.9 Å². The summed E-state index contributed by atoms with van der Waals surface area (Å²) in [6.07, 6.45) is -0.589. The molecule has 0 amide bonds. The molecule has 1 atom stereocenters. The molecule has 0 heterocycles. The van der Waals surface area contributed by atoms with Crippen molar-refractivity contribution >= 4 is 21.9 Å². The molecule has 4 heteroatoms. The molecule has 94 valence electrons. The highest BCUT2D eigenvalue weighted by molar-refractivity contribution is 9.10. The Bertz CT molecular complexity index is 392. The average molecular weight is 301 g/mol. The lowest BCUT2D eigenvalue weighted by Crippen LogP contribution is -2.26. The van der Waals surface area contributed by atoms with E-state index in [1.165, 1.54) is 0 Å². The minimum absolute atomic E-state index is 0.339. The zero-order valence-corrected chi connectivity index (χ0v) is 12.1. The van der Waals surface area contributed by atoms with Gasteiger partial charge in [0.2, 0.25) is 0 Å². The molecule has 0 spiro atoms. The SMILES string of the molecule is CCOC(=O)C(C)Oc1c(C)cc(Br)cc1C. The Kier molecular flexibility index (Phi) is 5.00. The molecule has 1 aromatic carbocycles. The van der Waals surface area contributed by atoms with E-state index in [9.17, 15) is 4.79 Å². The molecule has 0 aromatic heterocycles. The van der Waals surface area contributed by atoms with Gasteiger partial charge in [-0.15, -0.1) is 0 Å². The highest BCUT2D eigenvalue weighted by Gasteiger charge is 2.17. The van der Waals surface area contributed by atoms with Gasteiger partial charge < -0.3 is 9.47 Å². The quantitative estimate of drug-likeness (QED) is 0.800. The minimum atomic E-state index is -0.589. The Labute approximate surface area is 110 Å². The molecule has 0 fully saturated rings. The molecule has 0 N–H and O–H groups in total. The lowest BCUT2D eigenvalue weighted by atomic mass is 10.1. The third kappa shape index (κ3) is 3.73. The first kappa shape index (κ1) is 14.0. The Morgan fingerprint density at radius 2 is 1.88 bits per heavy atom. The van der Waals surface area contributed by atoms with Gasteiger partial charge in [-0.05, 0) is 51.0 Å². The molecule has 1 rings (SSSR count). The molecule has 0 saturated carbocycles. The zero-order valence-electron chi connectivity index (χ0n) is 10.5. The van der Waals surface area contributed by atoms with Crippen molar-refractivity contribution in [1.29, 1.82) is 0 Å². The van der Waals surface area contributed by atoms with E-state index < -0.39 is 6.10 Å². The summed E-state index contributed by atoms with van der Waals surface area (Å²) in [4.78, 5) is 11.5. The largest absolute Gasteiger partial charge is 0.478 e. The summed E-state index contributed by atoms with van der Waals surface area (Å²) >= 11 is 3.42. The third-order valence-electron chi connectivity index (χ3n) is 2.34. The highest BCUT2D eigenvalue weighted by Crippen LogP contribution is 2.28. The summed E-state index contributed by atoms with van der Waals surface area (Å²) in [7, 11) is 0. The zero-order chi connectivity index (χ0) is 13.0. The molecule has 3 nitrogen and oxygen atoms in total. The number of ether oxygens (including phenoxy) is 2. The number of aryl methyl sites for hydroxylation is 2. The highest BCUT2D eigenvalue weighted by atomic mass is 79.9. The van der Waals surface area contributed by atoms with Crippen LogP contribution >= 0.6 is 15.9 Å². The second-order valence-electron chi connectivity index (χ2n) is 3.88. The predicted molar refractivity (Wildman–Crippen MR) is 70.3 cm³/mol. The molecule has 0 aliphatic heterocycles. The van der Waals surface area contributed by atoms with Crippen LogP contribution in [0.4, 0.5) is 0 Å². The van der Waals surface area contributed by atoms with Gasteiger partial charge in [-0.2, -0.15) is 0 Å². The van der Waals surface area contributed by atoms with E-state index in [1.54, 1.807) is 13.8 Å². The van der Waals surface area contributed by atoms with Gasteiger partial charge in [0, 0.05) is 4.47 Å². The number of hydrogen-bond acceptors (Lipinski definition) is 3. The fourth-order valence-electron chi connectivity index (χ4n) is 1.57. The lowest BCUT2D eigenvalue weighted by Gasteiger charge is -2.17. The molecule has 0 aliphatic carbocycles. The second kappa shape index (κ2) is 6.05. The minimum Gasteiger partial charge on any atom is -0.478 e. The molecular formula is C13H17BrO3. The van der Waals surface area contributed by atoms with E-state index in [2.05, 4.69) is 15.9 Å². The third-order valence-corrected chi connectivity index (χ3v) is 2.80. The maximum absolute atomic E-state index is 11.5. The van der Waals surface area contributed by atoms with Gasteiger partial charge in [0.05, 0.1) is 6.61 Å². The smallest absolute Gasteiger partial charge is 0.347 e. The van der Waals surface area contributed by atoms with Crippen molar-refractivity contribution < 1.29 is 14.3 Å². The first-order chi connectivity index (χ1) is 7.95. The van der Waals surface area contributed by atoms with Crippen LogP contribution in [0.5, 0.6) is 5.75 Å². The number of benzene rings is 1. The van der Waals surface area contributed by atoms with Crippen LogP contribution < -0.4 is 4.74 Å². The molecule has 1 aromatic rings. The van der Waals surface area contributed by atoms with Gasteiger partial charge in [-0.25, -0.2) is 4.79 Å². The Hall–Kier alpha value is -1.03. The first-order valence-electron chi connectivity index (χ1n) is 5.55. The van der Waals surface area contributed by atoms with E-state index in [4.69, 9.17) is 9.47 Å². The van der Waals surface area contributed by atoms with Gasteiger partial charge in [0.25, 0.3) is 0 Å². The van der Waals surface area contributed by atoms with Gasteiger partial charge in [0.15, 0.2) is 6.10 Å². The van der Waals surface area contributed by atoms with Crippen LogP contribution in [0.1, 0.15) is 25.0 Å². The van der Waals surface area contributed by atoms with Gasteiger partial charge in [0.1, 0.15) is 5.75 Å². The standard InChI is InChI=1S/C13H17BrO3/c1-5-16-13(15)10(4)17-12-8(2)6-11(14)7-9(12)3/h6-7,10H,5H2,1-4H3. The molecule has 17 heavy (non-hydrogen) atoms. The molecular weight excluding hydrogens is 284 g/mol. The predicted octanol–water partition coefficient (Wildman–Crippen LogP) is 3.40. The van der Waals surface area contributed by atoms with E-state index in [-0.39, 0.29) is 5.97 Å². The average Bonchev–Trinajstić information content (AvgIpc) is 2.23. The molecule has 0 saturated heterocycles. The van der Waals surface area contributed by atoms with E-state index in [0.29, 0.717) is 6.61 Å². The van der Waals surface area contributed by atoms with Crippen molar-refractivity contribution in [3.05, 3.63) is 27.7 Å². The van der Waals surface area contributed by atoms with Gasteiger partial charge in [-0.3, -0.25) is 0 Å². The van der Waals surface area contributed by atoms with Crippen molar-refractivity contribution in [3.63, 3.8) is 0 Å². The molecule has 0 bridgehead atoms. The van der Waals surface area contributed by atoms with Crippen molar-refractivity contribution in [1.82, 2.24) is 0 Å². The van der Waals surface area contributed by atoms with E-state index in [0.717, 1.165) is 21.3 Å². The summed E-state index contributed by atoms with van der Waals surface area (Å²) < 4.78 is 11.6. The number of carbonyl (C=O) groups is 1. The normalized spacial score (nSPS) is 12.1. The van der Waals surface area contributed by atoms with Gasteiger partial charge >= 0.3 is 5.97 Å². The number of carbonyl (C=O) groups excluding carboxylic acids is 1. The maximum Gasteiger partial charge on any atom is 0.347 e. The Morgan fingerprint density at radius 3 is 2.35 bits per heavy atom. The summed E-state index contributed by atoms with van der Waals surface area (Å²) in [6.45, 7) is 7.74. The summed E-state index contributed by atoms with van der Waals surface area (Å²) in [5.41, 5.74) is 1.99. The second-order valence-corrected chi connectivity index (χ2v) is 4.80. The van der Waals surface area contributed by atoms with Crippen LogP contribution in [-0.4, -0.2) is 18.7 Å². The first-order valence-corrected chi connectivity index (χ1v) is 6.35. The number of hydrogen-bond donors (Lipinski definition) is 0. The van der Waals surface area contributed by atoms with Crippen molar-refractivity contribution in [2.24, 2.45) is 0 Å².